The quantitative estimate of drug-likeness (QED) is 0.863. The Morgan fingerprint density at radius 3 is 2.74 bits per heavy atom. The van der Waals surface area contributed by atoms with Crippen molar-refractivity contribution < 1.29 is 14.6 Å². The number of carbonyl (C=O) groups is 1. The van der Waals surface area contributed by atoms with Crippen LogP contribution >= 0.6 is 27.5 Å². The third-order valence-corrected chi connectivity index (χ3v) is 3.44. The van der Waals surface area contributed by atoms with Gasteiger partial charge in [0.1, 0.15) is 5.75 Å². The van der Waals surface area contributed by atoms with Gasteiger partial charge in [0.2, 0.25) is 0 Å². The molecule has 7 heteroatoms. The molecule has 0 radical (unpaired) electrons. The molecule has 0 fully saturated rings. The van der Waals surface area contributed by atoms with E-state index in [9.17, 15) is 4.79 Å². The van der Waals surface area contributed by atoms with Gasteiger partial charge in [0.05, 0.1) is 23.5 Å². The first kappa shape index (κ1) is 13.9. The maximum absolute atomic E-state index is 11.0. The number of halogens is 2. The number of carboxylic acid groups (broad SMARTS) is 1. The molecular formula is C12H10BrClN2O3. The smallest absolute Gasteiger partial charge is 0.432 e. The van der Waals surface area contributed by atoms with Crippen molar-refractivity contribution in [1.29, 1.82) is 0 Å². The monoisotopic (exact) mass is 344 g/mol. The van der Waals surface area contributed by atoms with Gasteiger partial charge in [-0.2, -0.15) is 9.78 Å². The Morgan fingerprint density at radius 1 is 1.53 bits per heavy atom. The second kappa shape index (κ2) is 5.63. The molecule has 0 atom stereocenters. The lowest BCUT2D eigenvalue weighted by Gasteiger charge is -2.03. The van der Waals surface area contributed by atoms with Crippen LogP contribution in [-0.4, -0.2) is 28.1 Å². The summed E-state index contributed by atoms with van der Waals surface area (Å²) in [7, 11) is 1.55. The third kappa shape index (κ3) is 2.74. The van der Waals surface area contributed by atoms with Gasteiger partial charge in [-0.05, 0) is 24.3 Å². The summed E-state index contributed by atoms with van der Waals surface area (Å²) in [5, 5.41) is 13.9. The summed E-state index contributed by atoms with van der Waals surface area (Å²) in [6, 6.07) is 6.82. The molecule has 1 aromatic heterocycles. The average molecular weight is 346 g/mol. The largest absolute Gasteiger partial charge is 0.497 e. The van der Waals surface area contributed by atoms with Crippen molar-refractivity contribution in [1.82, 2.24) is 9.78 Å². The van der Waals surface area contributed by atoms with Crippen LogP contribution in [0.5, 0.6) is 5.75 Å². The molecule has 2 aromatic rings. The zero-order valence-electron chi connectivity index (χ0n) is 9.93. The van der Waals surface area contributed by atoms with E-state index >= 15 is 0 Å². The van der Waals surface area contributed by atoms with Crippen molar-refractivity contribution >= 4 is 33.6 Å². The maximum atomic E-state index is 11.0. The number of ether oxygens (including phenoxy) is 1. The predicted molar refractivity (Wildman–Crippen MR) is 75.3 cm³/mol. The van der Waals surface area contributed by atoms with Gasteiger partial charge in [-0.25, -0.2) is 4.79 Å². The van der Waals surface area contributed by atoms with Gasteiger partial charge in [-0.3, -0.25) is 0 Å². The number of alkyl halides is 1. The molecule has 1 aromatic carbocycles. The molecule has 0 aliphatic rings. The molecular weight excluding hydrogens is 336 g/mol. The minimum atomic E-state index is -1.13. The van der Waals surface area contributed by atoms with Crippen molar-refractivity contribution in [3.8, 4) is 17.0 Å². The molecule has 100 valence electrons. The Bertz CT molecular complexity index is 627. The first-order chi connectivity index (χ1) is 9.06. The molecule has 0 aliphatic carbocycles. The fraction of sp³-hybridized carbons (Fsp3) is 0.167. The second-order valence-corrected chi connectivity index (χ2v) is 4.66. The highest BCUT2D eigenvalue weighted by Gasteiger charge is 2.15. The van der Waals surface area contributed by atoms with Crippen molar-refractivity contribution in [2.24, 2.45) is 0 Å². The number of methoxy groups -OCH3 is 1. The molecule has 0 aliphatic heterocycles. The van der Waals surface area contributed by atoms with E-state index in [1.807, 2.05) is 0 Å². The van der Waals surface area contributed by atoms with Gasteiger partial charge < -0.3 is 9.84 Å². The minimum Gasteiger partial charge on any atom is -0.497 e. The zero-order valence-corrected chi connectivity index (χ0v) is 12.3. The van der Waals surface area contributed by atoms with Gasteiger partial charge in [0.25, 0.3) is 0 Å². The van der Waals surface area contributed by atoms with Crippen LogP contribution in [0.25, 0.3) is 11.3 Å². The minimum absolute atomic E-state index is 0.389. The van der Waals surface area contributed by atoms with E-state index in [1.54, 1.807) is 31.4 Å². The number of rotatable bonds is 3. The van der Waals surface area contributed by atoms with E-state index in [1.165, 1.54) is 0 Å². The Kier molecular flexibility index (Phi) is 4.11. The van der Waals surface area contributed by atoms with Crippen molar-refractivity contribution in [2.45, 2.75) is 5.33 Å². The summed E-state index contributed by atoms with van der Waals surface area (Å²) in [6.45, 7) is 0. The Morgan fingerprint density at radius 2 is 2.26 bits per heavy atom. The number of hydrogen-bond donors (Lipinski definition) is 1. The standard InChI is InChI=1S/C12H10BrClN2O3/c1-19-8-2-3-9(10(14)5-8)11-4-7(6-13)16(15-11)12(17)18/h2-5H,6H2,1H3,(H,17,18). The van der Waals surface area contributed by atoms with E-state index in [0.29, 0.717) is 33.1 Å². The first-order valence-electron chi connectivity index (χ1n) is 5.29. The highest BCUT2D eigenvalue weighted by atomic mass is 79.9. The fourth-order valence-electron chi connectivity index (χ4n) is 1.64. The van der Waals surface area contributed by atoms with Crippen molar-refractivity contribution in [3.63, 3.8) is 0 Å². The van der Waals surface area contributed by atoms with Crippen LogP contribution in [-0.2, 0) is 5.33 Å². The number of aromatic nitrogens is 2. The molecule has 5 nitrogen and oxygen atoms in total. The topological polar surface area (TPSA) is 64.3 Å². The molecule has 0 bridgehead atoms. The summed E-state index contributed by atoms with van der Waals surface area (Å²) >= 11 is 9.37. The zero-order chi connectivity index (χ0) is 14.0. The third-order valence-electron chi connectivity index (χ3n) is 2.55. The van der Waals surface area contributed by atoms with E-state index in [4.69, 9.17) is 21.4 Å². The summed E-state index contributed by atoms with van der Waals surface area (Å²) in [5.74, 6) is 0.632. The number of hydrogen-bond acceptors (Lipinski definition) is 3. The molecule has 0 unspecified atom stereocenters. The van der Waals surface area contributed by atoms with Crippen LogP contribution in [0.2, 0.25) is 5.02 Å². The van der Waals surface area contributed by atoms with Gasteiger partial charge in [0, 0.05) is 10.9 Å². The second-order valence-electron chi connectivity index (χ2n) is 3.69. The van der Waals surface area contributed by atoms with Gasteiger partial charge in [0.15, 0.2) is 0 Å². The molecule has 1 N–H and O–H groups in total. The van der Waals surface area contributed by atoms with Crippen LogP contribution in [0, 0.1) is 0 Å². The van der Waals surface area contributed by atoms with Crippen LogP contribution in [0.4, 0.5) is 4.79 Å². The SMILES string of the molecule is COc1ccc(-c2cc(CBr)n(C(=O)O)n2)c(Cl)c1. The van der Waals surface area contributed by atoms with Crippen LogP contribution in [0.1, 0.15) is 5.69 Å². The van der Waals surface area contributed by atoms with E-state index in [-0.39, 0.29) is 0 Å². The summed E-state index contributed by atoms with van der Waals surface area (Å²) < 4.78 is 5.98. The van der Waals surface area contributed by atoms with Gasteiger partial charge in [-0.15, -0.1) is 0 Å². The summed E-state index contributed by atoms with van der Waals surface area (Å²) in [6.07, 6.45) is -1.13. The van der Waals surface area contributed by atoms with E-state index in [2.05, 4.69) is 21.0 Å². The lowest BCUT2D eigenvalue weighted by Crippen LogP contribution is -2.12. The van der Waals surface area contributed by atoms with E-state index in [0.717, 1.165) is 4.68 Å². The van der Waals surface area contributed by atoms with E-state index < -0.39 is 6.09 Å². The normalized spacial score (nSPS) is 10.5. The predicted octanol–water partition coefficient (Wildman–Crippen LogP) is 3.63. The molecule has 2 rings (SSSR count). The fourth-order valence-corrected chi connectivity index (χ4v) is 2.31. The van der Waals surface area contributed by atoms with Crippen molar-refractivity contribution in [2.75, 3.05) is 7.11 Å². The van der Waals surface area contributed by atoms with Crippen LogP contribution in [0.15, 0.2) is 24.3 Å². The number of benzene rings is 1. The van der Waals surface area contributed by atoms with Gasteiger partial charge in [-0.1, -0.05) is 27.5 Å². The molecule has 1 heterocycles. The average Bonchev–Trinajstić information content (AvgIpc) is 2.82. The Labute approximate surface area is 122 Å². The first-order valence-corrected chi connectivity index (χ1v) is 6.79. The van der Waals surface area contributed by atoms with Gasteiger partial charge >= 0.3 is 6.09 Å². The highest BCUT2D eigenvalue weighted by molar-refractivity contribution is 9.08. The lowest BCUT2D eigenvalue weighted by molar-refractivity contribution is 0.192. The molecule has 19 heavy (non-hydrogen) atoms. The molecule has 0 amide bonds. The van der Waals surface area contributed by atoms with Crippen molar-refractivity contribution in [3.05, 3.63) is 35.0 Å². The molecule has 0 saturated heterocycles. The molecule has 0 spiro atoms. The van der Waals surface area contributed by atoms with Crippen LogP contribution < -0.4 is 4.74 Å². The summed E-state index contributed by atoms with van der Waals surface area (Å²) in [4.78, 5) is 11.0. The summed E-state index contributed by atoms with van der Waals surface area (Å²) in [5.41, 5.74) is 1.70. The number of nitrogens with zero attached hydrogens (tertiary/aromatic N) is 2. The Balaban J connectivity index is 2.50. The lowest BCUT2D eigenvalue weighted by atomic mass is 10.1. The highest BCUT2D eigenvalue weighted by Crippen LogP contribution is 2.31. The maximum Gasteiger partial charge on any atom is 0.432 e. The molecule has 0 saturated carbocycles. The Hall–Kier alpha value is -1.53. The van der Waals surface area contributed by atoms with Crippen LogP contribution in [0.3, 0.4) is 0 Å².